The number of rotatable bonds is 3. The lowest BCUT2D eigenvalue weighted by atomic mass is 10.1. The van der Waals surface area contributed by atoms with Crippen molar-refractivity contribution >= 4 is 5.65 Å². The molecule has 1 aromatic carbocycles. The van der Waals surface area contributed by atoms with Crippen LogP contribution in [0.15, 0.2) is 41.3 Å². The van der Waals surface area contributed by atoms with Crippen LogP contribution in [0.4, 0.5) is 13.2 Å². The van der Waals surface area contributed by atoms with Gasteiger partial charge in [0.2, 0.25) is 0 Å². The first-order valence-corrected chi connectivity index (χ1v) is 9.05. The van der Waals surface area contributed by atoms with E-state index in [0.29, 0.717) is 23.2 Å². The molecule has 5 rings (SSSR count). The molecule has 0 bridgehead atoms. The summed E-state index contributed by atoms with van der Waals surface area (Å²) in [4.78, 5) is 4.03. The van der Waals surface area contributed by atoms with E-state index in [1.165, 1.54) is 12.8 Å². The fraction of sp³-hybridized carbons (Fsp3) is 0.250. The molecule has 0 aliphatic heterocycles. The summed E-state index contributed by atoms with van der Waals surface area (Å²) in [5.41, 5.74) is 1.25. The molecule has 0 unspecified atom stereocenters. The summed E-state index contributed by atoms with van der Waals surface area (Å²) in [5.74, 6) is -1.82. The number of benzene rings is 1. The SMILES string of the molecule is Fc1cc(F)c(-c2ncoc2-c2ccc3nnc(C4CCCC4)n3c2)cc1F. The Hall–Kier alpha value is -3.16. The summed E-state index contributed by atoms with van der Waals surface area (Å²) in [6.45, 7) is 0. The van der Waals surface area contributed by atoms with Crippen molar-refractivity contribution in [1.29, 1.82) is 0 Å². The molecule has 1 aliphatic carbocycles. The van der Waals surface area contributed by atoms with Gasteiger partial charge in [0.05, 0.1) is 0 Å². The van der Waals surface area contributed by atoms with E-state index in [9.17, 15) is 13.2 Å². The zero-order valence-electron chi connectivity index (χ0n) is 14.7. The molecular formula is C20H15F3N4O. The van der Waals surface area contributed by atoms with E-state index in [1.54, 1.807) is 12.1 Å². The zero-order chi connectivity index (χ0) is 19.3. The van der Waals surface area contributed by atoms with Crippen molar-refractivity contribution < 1.29 is 17.6 Å². The van der Waals surface area contributed by atoms with Gasteiger partial charge in [-0.3, -0.25) is 4.40 Å². The van der Waals surface area contributed by atoms with Gasteiger partial charge in [0.25, 0.3) is 0 Å². The van der Waals surface area contributed by atoms with E-state index in [1.807, 2.05) is 10.6 Å². The van der Waals surface area contributed by atoms with E-state index in [0.717, 1.165) is 31.1 Å². The van der Waals surface area contributed by atoms with Crippen LogP contribution in [0.2, 0.25) is 0 Å². The molecule has 0 spiro atoms. The van der Waals surface area contributed by atoms with Crippen LogP contribution in [0.5, 0.6) is 0 Å². The number of pyridine rings is 1. The van der Waals surface area contributed by atoms with Crippen LogP contribution >= 0.6 is 0 Å². The van der Waals surface area contributed by atoms with Gasteiger partial charge in [-0.1, -0.05) is 12.8 Å². The van der Waals surface area contributed by atoms with Crippen LogP contribution in [-0.4, -0.2) is 19.6 Å². The first kappa shape index (κ1) is 17.0. The summed E-state index contributed by atoms with van der Waals surface area (Å²) in [7, 11) is 0. The van der Waals surface area contributed by atoms with Crippen molar-refractivity contribution in [3.8, 4) is 22.6 Å². The van der Waals surface area contributed by atoms with Gasteiger partial charge in [-0.15, -0.1) is 10.2 Å². The second-order valence-corrected chi connectivity index (χ2v) is 6.96. The molecule has 3 heterocycles. The van der Waals surface area contributed by atoms with Crippen molar-refractivity contribution in [2.45, 2.75) is 31.6 Å². The summed E-state index contributed by atoms with van der Waals surface area (Å²) in [6, 6.07) is 4.83. The summed E-state index contributed by atoms with van der Waals surface area (Å²) in [6.07, 6.45) is 7.43. The first-order valence-electron chi connectivity index (χ1n) is 9.05. The Morgan fingerprint density at radius 2 is 1.75 bits per heavy atom. The van der Waals surface area contributed by atoms with Gasteiger partial charge in [0.1, 0.15) is 17.3 Å². The number of halogens is 3. The van der Waals surface area contributed by atoms with Crippen LogP contribution in [0, 0.1) is 17.5 Å². The Morgan fingerprint density at radius 1 is 0.964 bits per heavy atom. The molecule has 142 valence electrons. The molecule has 0 N–H and O–H groups in total. The van der Waals surface area contributed by atoms with E-state index in [4.69, 9.17) is 4.42 Å². The highest BCUT2D eigenvalue weighted by atomic mass is 19.2. The number of hydrogen-bond donors (Lipinski definition) is 0. The molecule has 28 heavy (non-hydrogen) atoms. The van der Waals surface area contributed by atoms with Crippen LogP contribution in [0.3, 0.4) is 0 Å². The van der Waals surface area contributed by atoms with Gasteiger partial charge in [-0.05, 0) is 31.0 Å². The van der Waals surface area contributed by atoms with Gasteiger partial charge in [-0.25, -0.2) is 18.2 Å². The number of hydrogen-bond acceptors (Lipinski definition) is 4. The minimum atomic E-state index is -1.25. The quantitative estimate of drug-likeness (QED) is 0.460. The molecular weight excluding hydrogens is 369 g/mol. The normalized spacial score (nSPS) is 15.0. The van der Waals surface area contributed by atoms with Crippen LogP contribution in [0.25, 0.3) is 28.2 Å². The Morgan fingerprint density at radius 3 is 2.57 bits per heavy atom. The van der Waals surface area contributed by atoms with Crippen molar-refractivity contribution in [3.05, 3.63) is 60.1 Å². The molecule has 5 nitrogen and oxygen atoms in total. The molecule has 1 saturated carbocycles. The molecule has 4 aromatic rings. The molecule has 0 atom stereocenters. The number of oxazole rings is 1. The average molecular weight is 384 g/mol. The second-order valence-electron chi connectivity index (χ2n) is 6.96. The number of aromatic nitrogens is 4. The molecule has 1 fully saturated rings. The summed E-state index contributed by atoms with van der Waals surface area (Å²) in [5, 5.41) is 8.55. The van der Waals surface area contributed by atoms with Gasteiger partial charge in [0, 0.05) is 29.3 Å². The Labute approximate surface area is 157 Å². The van der Waals surface area contributed by atoms with Crippen LogP contribution < -0.4 is 0 Å². The van der Waals surface area contributed by atoms with Gasteiger partial charge < -0.3 is 4.42 Å². The zero-order valence-corrected chi connectivity index (χ0v) is 14.7. The fourth-order valence-corrected chi connectivity index (χ4v) is 3.85. The Balaban J connectivity index is 1.63. The average Bonchev–Trinajstić information content (AvgIpc) is 3.43. The van der Waals surface area contributed by atoms with Crippen LogP contribution in [-0.2, 0) is 0 Å². The predicted octanol–water partition coefficient (Wildman–Crippen LogP) is 5.13. The number of nitrogens with zero attached hydrogens (tertiary/aromatic N) is 4. The lowest BCUT2D eigenvalue weighted by Gasteiger charge is -2.08. The maximum atomic E-state index is 14.2. The smallest absolute Gasteiger partial charge is 0.182 e. The molecule has 8 heteroatoms. The van der Waals surface area contributed by atoms with Crippen LogP contribution in [0.1, 0.15) is 37.4 Å². The van der Waals surface area contributed by atoms with Crippen molar-refractivity contribution in [1.82, 2.24) is 19.6 Å². The van der Waals surface area contributed by atoms with E-state index < -0.39 is 17.5 Å². The highest BCUT2D eigenvalue weighted by molar-refractivity contribution is 5.77. The summed E-state index contributed by atoms with van der Waals surface area (Å²) < 4.78 is 48.6. The fourth-order valence-electron chi connectivity index (χ4n) is 3.85. The third kappa shape index (κ3) is 2.67. The number of fused-ring (bicyclic) bond motifs is 1. The minimum absolute atomic E-state index is 0.103. The van der Waals surface area contributed by atoms with E-state index in [2.05, 4.69) is 15.2 Å². The van der Waals surface area contributed by atoms with Crippen molar-refractivity contribution in [2.75, 3.05) is 0 Å². The summed E-state index contributed by atoms with van der Waals surface area (Å²) >= 11 is 0. The molecule has 0 amide bonds. The third-order valence-corrected chi connectivity index (χ3v) is 5.24. The monoisotopic (exact) mass is 384 g/mol. The minimum Gasteiger partial charge on any atom is -0.443 e. The lowest BCUT2D eigenvalue weighted by molar-refractivity contribution is 0.496. The van der Waals surface area contributed by atoms with Crippen molar-refractivity contribution in [2.24, 2.45) is 0 Å². The molecule has 0 saturated heterocycles. The van der Waals surface area contributed by atoms with E-state index in [-0.39, 0.29) is 17.0 Å². The Kier molecular flexibility index (Phi) is 3.92. The molecule has 3 aromatic heterocycles. The van der Waals surface area contributed by atoms with Gasteiger partial charge in [0.15, 0.2) is 29.4 Å². The third-order valence-electron chi connectivity index (χ3n) is 5.24. The maximum absolute atomic E-state index is 14.2. The largest absolute Gasteiger partial charge is 0.443 e. The topological polar surface area (TPSA) is 56.2 Å². The maximum Gasteiger partial charge on any atom is 0.182 e. The Bertz CT molecular complexity index is 1180. The van der Waals surface area contributed by atoms with E-state index >= 15 is 0 Å². The standard InChI is InChI=1S/C20H15F3N4O/c21-14-8-16(23)15(22)7-13(14)18-19(28-10-24-18)12-5-6-17-25-26-20(27(17)9-12)11-3-1-2-4-11/h5-11H,1-4H2. The predicted molar refractivity (Wildman–Crippen MR) is 95.0 cm³/mol. The molecule has 1 aliphatic rings. The highest BCUT2D eigenvalue weighted by Gasteiger charge is 2.24. The lowest BCUT2D eigenvalue weighted by Crippen LogP contribution is -2.00. The van der Waals surface area contributed by atoms with Gasteiger partial charge in [-0.2, -0.15) is 0 Å². The second kappa shape index (κ2) is 6.47. The van der Waals surface area contributed by atoms with Gasteiger partial charge >= 0.3 is 0 Å². The highest BCUT2D eigenvalue weighted by Crippen LogP contribution is 2.36. The van der Waals surface area contributed by atoms with Crippen molar-refractivity contribution in [3.63, 3.8) is 0 Å². The first-order chi connectivity index (χ1) is 13.6. The molecule has 0 radical (unpaired) electrons.